The fourth-order valence-corrected chi connectivity index (χ4v) is 3.06. The third-order valence-corrected chi connectivity index (χ3v) is 4.50. The highest BCUT2D eigenvalue weighted by atomic mass is 79.9. The molecule has 26 heavy (non-hydrogen) atoms. The summed E-state index contributed by atoms with van der Waals surface area (Å²) < 4.78 is 15.3. The second-order valence-electron chi connectivity index (χ2n) is 5.17. The van der Waals surface area contributed by atoms with E-state index in [0.29, 0.717) is 11.4 Å². The predicted molar refractivity (Wildman–Crippen MR) is 105 cm³/mol. The predicted octanol–water partition coefficient (Wildman–Crippen LogP) is 4.91. The molecule has 5 nitrogen and oxygen atoms in total. The van der Waals surface area contributed by atoms with Crippen LogP contribution >= 0.6 is 39.7 Å². The van der Waals surface area contributed by atoms with Gasteiger partial charge in [-0.05, 0) is 48.6 Å². The van der Waals surface area contributed by atoms with E-state index in [-0.39, 0.29) is 15.4 Å². The van der Waals surface area contributed by atoms with Crippen molar-refractivity contribution in [1.29, 1.82) is 0 Å². The normalized spacial score (nSPS) is 11.2. The van der Waals surface area contributed by atoms with Gasteiger partial charge in [0.2, 0.25) is 5.88 Å². The van der Waals surface area contributed by atoms with Crippen LogP contribution in [0.1, 0.15) is 5.56 Å². The molecule has 0 aliphatic carbocycles. The maximum absolute atomic E-state index is 13.4. The molecule has 0 saturated carbocycles. The molecule has 0 aliphatic heterocycles. The van der Waals surface area contributed by atoms with Crippen LogP contribution in [0.3, 0.4) is 0 Å². The Balaban J connectivity index is 2.14. The van der Waals surface area contributed by atoms with E-state index in [0.717, 1.165) is 10.5 Å². The Morgan fingerprint density at radius 1 is 1.31 bits per heavy atom. The van der Waals surface area contributed by atoms with Crippen LogP contribution in [0.15, 0.2) is 56.7 Å². The lowest BCUT2D eigenvalue weighted by Gasteiger charge is -2.11. The van der Waals surface area contributed by atoms with E-state index in [1.807, 2.05) is 6.07 Å². The molecule has 0 aliphatic rings. The van der Waals surface area contributed by atoms with Crippen molar-refractivity contribution in [3.63, 3.8) is 0 Å². The molecule has 132 valence electrons. The van der Waals surface area contributed by atoms with Crippen LogP contribution in [-0.4, -0.2) is 20.9 Å². The summed E-state index contributed by atoms with van der Waals surface area (Å²) in [5, 5.41) is 10.4. The molecule has 3 aromatic rings. The molecule has 2 N–H and O–H groups in total. The first kappa shape index (κ1) is 18.5. The molecule has 1 aromatic heterocycles. The van der Waals surface area contributed by atoms with Crippen molar-refractivity contribution in [3.8, 4) is 11.6 Å². The maximum atomic E-state index is 13.4. The molecule has 0 amide bonds. The summed E-state index contributed by atoms with van der Waals surface area (Å²) in [7, 11) is 0. The first-order valence-electron chi connectivity index (χ1n) is 7.20. The molecular weight excluding hydrogens is 445 g/mol. The third kappa shape index (κ3) is 3.77. The monoisotopic (exact) mass is 453 g/mol. The highest BCUT2D eigenvalue weighted by Crippen LogP contribution is 2.24. The summed E-state index contributed by atoms with van der Waals surface area (Å²) in [5.41, 5.74) is 0.180. The van der Waals surface area contributed by atoms with Crippen molar-refractivity contribution >= 4 is 51.7 Å². The van der Waals surface area contributed by atoms with Gasteiger partial charge in [0.1, 0.15) is 11.4 Å². The minimum absolute atomic E-state index is 0.0604. The molecule has 3 rings (SSSR count). The Labute approximate surface area is 165 Å². The van der Waals surface area contributed by atoms with E-state index in [1.165, 1.54) is 22.9 Å². The molecule has 0 spiro atoms. The van der Waals surface area contributed by atoms with Gasteiger partial charge in [0, 0.05) is 10.7 Å². The minimum atomic E-state index is -0.609. The first-order valence-corrected chi connectivity index (χ1v) is 8.78. The van der Waals surface area contributed by atoms with Gasteiger partial charge in [-0.1, -0.05) is 33.6 Å². The van der Waals surface area contributed by atoms with Gasteiger partial charge in [0.05, 0.1) is 16.4 Å². The van der Waals surface area contributed by atoms with Gasteiger partial charge in [-0.25, -0.2) is 4.39 Å². The van der Waals surface area contributed by atoms with Crippen molar-refractivity contribution in [2.45, 2.75) is 0 Å². The van der Waals surface area contributed by atoms with E-state index in [2.05, 4.69) is 25.9 Å². The van der Waals surface area contributed by atoms with E-state index in [9.17, 15) is 14.3 Å². The summed E-state index contributed by atoms with van der Waals surface area (Å²) in [6.45, 7) is 0. The van der Waals surface area contributed by atoms with Gasteiger partial charge < -0.3 is 5.11 Å². The number of H-pyrrole nitrogens is 1. The molecule has 0 unspecified atom stereocenters. The number of nitrogens with one attached hydrogen (secondary N) is 1. The van der Waals surface area contributed by atoms with Gasteiger partial charge >= 0.3 is 0 Å². The van der Waals surface area contributed by atoms with Crippen LogP contribution in [0.5, 0.6) is 5.88 Å². The number of hydrogen-bond donors (Lipinski definition) is 2. The molecule has 1 heterocycles. The van der Waals surface area contributed by atoms with E-state index in [1.54, 1.807) is 18.2 Å². The van der Waals surface area contributed by atoms with Crippen LogP contribution < -0.4 is 5.56 Å². The lowest BCUT2D eigenvalue weighted by molar-refractivity contribution is 0.432. The Morgan fingerprint density at radius 2 is 2.08 bits per heavy atom. The summed E-state index contributed by atoms with van der Waals surface area (Å²) >= 11 is 14.2. The topological polar surface area (TPSA) is 70.4 Å². The van der Waals surface area contributed by atoms with Crippen molar-refractivity contribution in [3.05, 3.63) is 78.5 Å². The second kappa shape index (κ2) is 7.53. The van der Waals surface area contributed by atoms with E-state index >= 15 is 0 Å². The molecule has 0 radical (unpaired) electrons. The molecule has 0 atom stereocenters. The fraction of sp³-hybridized carbons (Fsp3) is 0. The number of rotatable bonds is 3. The number of nitrogens with zero attached hydrogens (tertiary/aromatic N) is 2. The number of halogens is 3. The van der Waals surface area contributed by atoms with Crippen molar-refractivity contribution < 1.29 is 9.50 Å². The van der Waals surface area contributed by atoms with Crippen molar-refractivity contribution in [2.24, 2.45) is 4.99 Å². The van der Waals surface area contributed by atoms with Crippen LogP contribution in [-0.2, 0) is 0 Å². The Hall–Kier alpha value is -2.29. The quantitative estimate of drug-likeness (QED) is 0.436. The Morgan fingerprint density at radius 3 is 2.77 bits per heavy atom. The number of aromatic nitrogens is 2. The number of benzene rings is 2. The Bertz CT molecular complexity index is 1140. The standard InChI is InChI=1S/C17H10BrClFN3O2S/c18-9-2-1-3-10(6-9)21-8-12-15(24)22-17(26)23(16(12)25)11-4-5-14(20)13(19)7-11/h1-8,25H,(H,22,24,26). The zero-order valence-corrected chi connectivity index (χ0v) is 16.1. The second-order valence-corrected chi connectivity index (χ2v) is 6.88. The molecule has 0 bridgehead atoms. The number of aliphatic imine (C=N–C) groups is 1. The van der Waals surface area contributed by atoms with Gasteiger partial charge in [0.25, 0.3) is 5.56 Å². The number of aromatic hydroxyl groups is 1. The molecule has 0 saturated heterocycles. The van der Waals surface area contributed by atoms with Gasteiger partial charge in [-0.3, -0.25) is 19.3 Å². The van der Waals surface area contributed by atoms with Crippen LogP contribution in [0.4, 0.5) is 10.1 Å². The summed E-state index contributed by atoms with van der Waals surface area (Å²) in [5.74, 6) is -1.04. The summed E-state index contributed by atoms with van der Waals surface area (Å²) in [4.78, 5) is 18.8. The minimum Gasteiger partial charge on any atom is -0.494 e. The van der Waals surface area contributed by atoms with E-state index < -0.39 is 17.3 Å². The fourth-order valence-electron chi connectivity index (χ4n) is 2.21. The smallest absolute Gasteiger partial charge is 0.264 e. The summed E-state index contributed by atoms with van der Waals surface area (Å²) in [6, 6.07) is 10.9. The van der Waals surface area contributed by atoms with Crippen molar-refractivity contribution in [2.75, 3.05) is 0 Å². The molecule has 9 heteroatoms. The van der Waals surface area contributed by atoms with E-state index in [4.69, 9.17) is 23.8 Å². The SMILES string of the molecule is O=c1[nH]c(=S)n(-c2ccc(F)c(Cl)c2)c(O)c1C=Nc1cccc(Br)c1. The van der Waals surface area contributed by atoms with Crippen molar-refractivity contribution in [1.82, 2.24) is 9.55 Å². The highest BCUT2D eigenvalue weighted by Gasteiger charge is 2.13. The average Bonchev–Trinajstić information content (AvgIpc) is 2.57. The zero-order valence-electron chi connectivity index (χ0n) is 12.9. The third-order valence-electron chi connectivity index (χ3n) is 3.43. The largest absolute Gasteiger partial charge is 0.494 e. The highest BCUT2D eigenvalue weighted by molar-refractivity contribution is 9.10. The maximum Gasteiger partial charge on any atom is 0.264 e. The lowest BCUT2D eigenvalue weighted by atomic mass is 10.2. The van der Waals surface area contributed by atoms with Crippen LogP contribution in [0.25, 0.3) is 5.69 Å². The van der Waals surface area contributed by atoms with Gasteiger partial charge in [-0.2, -0.15) is 0 Å². The lowest BCUT2D eigenvalue weighted by Crippen LogP contribution is -2.18. The van der Waals surface area contributed by atoms with Crippen LogP contribution in [0, 0.1) is 10.6 Å². The zero-order chi connectivity index (χ0) is 18.8. The Kier molecular flexibility index (Phi) is 5.36. The van der Waals surface area contributed by atoms with Crippen LogP contribution in [0.2, 0.25) is 5.02 Å². The molecular formula is C17H10BrClFN3O2S. The van der Waals surface area contributed by atoms with Gasteiger partial charge in [-0.15, -0.1) is 0 Å². The average molecular weight is 455 g/mol. The first-order chi connectivity index (χ1) is 12.4. The summed E-state index contributed by atoms with van der Waals surface area (Å²) in [6.07, 6.45) is 1.23. The molecule has 0 fully saturated rings. The number of aromatic amines is 1. The van der Waals surface area contributed by atoms with Gasteiger partial charge in [0.15, 0.2) is 4.77 Å². The number of hydrogen-bond acceptors (Lipinski definition) is 4. The molecule has 2 aromatic carbocycles.